The first-order chi connectivity index (χ1) is 13.5. The molecule has 0 saturated heterocycles. The summed E-state index contributed by atoms with van der Waals surface area (Å²) >= 11 is 6.20. The van der Waals surface area contributed by atoms with Gasteiger partial charge < -0.3 is 9.32 Å². The van der Waals surface area contributed by atoms with Gasteiger partial charge in [-0.1, -0.05) is 23.7 Å². The van der Waals surface area contributed by atoms with Crippen LogP contribution in [0.3, 0.4) is 0 Å². The molecular weight excluding hydrogens is 379 g/mol. The number of halogens is 2. The van der Waals surface area contributed by atoms with E-state index in [2.05, 4.69) is 4.98 Å². The van der Waals surface area contributed by atoms with Gasteiger partial charge in [-0.25, -0.2) is 9.37 Å². The molecule has 2 heterocycles. The van der Waals surface area contributed by atoms with Crippen molar-refractivity contribution in [2.45, 2.75) is 32.6 Å². The van der Waals surface area contributed by atoms with Gasteiger partial charge in [0.25, 0.3) is 0 Å². The van der Waals surface area contributed by atoms with E-state index in [1.54, 1.807) is 17.2 Å². The Kier molecular flexibility index (Phi) is 5.18. The molecule has 0 N–H and O–H groups in total. The van der Waals surface area contributed by atoms with Crippen molar-refractivity contribution in [3.63, 3.8) is 0 Å². The second-order valence-corrected chi connectivity index (χ2v) is 7.38. The Morgan fingerprint density at radius 2 is 2.14 bits per heavy atom. The molecule has 144 valence electrons. The van der Waals surface area contributed by atoms with Crippen molar-refractivity contribution < 1.29 is 13.6 Å². The Balaban J connectivity index is 1.47. The molecule has 6 heteroatoms. The van der Waals surface area contributed by atoms with Gasteiger partial charge >= 0.3 is 0 Å². The molecule has 0 aliphatic carbocycles. The Labute approximate surface area is 167 Å². The normalized spacial score (nSPS) is 13.5. The molecule has 0 radical (unpaired) electrons. The number of carbonyl (C=O) groups excluding carboxylic acids is 1. The predicted molar refractivity (Wildman–Crippen MR) is 107 cm³/mol. The highest BCUT2D eigenvalue weighted by Crippen LogP contribution is 2.32. The summed E-state index contributed by atoms with van der Waals surface area (Å²) in [5.74, 6) is 0.824. The largest absolute Gasteiger partial charge is 0.441 e. The van der Waals surface area contributed by atoms with Crippen LogP contribution in [0.2, 0.25) is 5.02 Å². The zero-order valence-corrected chi connectivity index (χ0v) is 16.3. The fraction of sp³-hybridized carbons (Fsp3) is 0.273. The summed E-state index contributed by atoms with van der Waals surface area (Å²) in [6.45, 7) is 2.49. The summed E-state index contributed by atoms with van der Waals surface area (Å²) in [6, 6.07) is 10.4. The minimum atomic E-state index is -0.252. The van der Waals surface area contributed by atoms with Gasteiger partial charge in [0, 0.05) is 30.6 Å². The molecule has 0 unspecified atom stereocenters. The van der Waals surface area contributed by atoms with Crippen LogP contribution < -0.4 is 4.90 Å². The molecule has 0 saturated carbocycles. The van der Waals surface area contributed by atoms with Gasteiger partial charge in [0.15, 0.2) is 11.7 Å². The number of aryl methyl sites for hydroxylation is 3. The minimum Gasteiger partial charge on any atom is -0.441 e. The third-order valence-corrected chi connectivity index (χ3v) is 5.32. The number of benzene rings is 2. The van der Waals surface area contributed by atoms with Crippen LogP contribution in [0.1, 0.15) is 29.9 Å². The molecule has 0 bridgehead atoms. The quantitative estimate of drug-likeness (QED) is 0.594. The number of aromatic nitrogens is 1. The maximum absolute atomic E-state index is 13.7. The predicted octanol–water partition coefficient (Wildman–Crippen LogP) is 5.35. The lowest BCUT2D eigenvalue weighted by molar-refractivity contribution is -0.118. The highest BCUT2D eigenvalue weighted by Gasteiger charge is 2.25. The molecule has 0 atom stereocenters. The van der Waals surface area contributed by atoms with Crippen LogP contribution in [0, 0.1) is 12.7 Å². The maximum atomic E-state index is 13.7. The first kappa shape index (κ1) is 18.7. The van der Waals surface area contributed by atoms with Crippen molar-refractivity contribution in [3.05, 3.63) is 70.5 Å². The van der Waals surface area contributed by atoms with Crippen LogP contribution in [0.15, 0.2) is 47.0 Å². The van der Waals surface area contributed by atoms with Gasteiger partial charge in [0.1, 0.15) is 5.82 Å². The average molecular weight is 399 g/mol. The Bertz CT molecular complexity index is 1030. The van der Waals surface area contributed by atoms with Gasteiger partial charge in [-0.3, -0.25) is 4.79 Å². The molecule has 1 aromatic heterocycles. The van der Waals surface area contributed by atoms with E-state index in [9.17, 15) is 9.18 Å². The van der Waals surface area contributed by atoms with Crippen molar-refractivity contribution in [2.75, 3.05) is 11.4 Å². The molecule has 1 amide bonds. The monoisotopic (exact) mass is 398 g/mol. The standard InChI is InChI=1S/C22H20ClFN2O2/c1-14-11-16(24)12-15-5-4-10-26(22(14)15)21(27)9-8-20-25-13-19(28-20)17-6-2-3-7-18(17)23/h2-3,6-7,11-13H,4-5,8-10H2,1H3. The van der Waals surface area contributed by atoms with Crippen LogP contribution in [0.5, 0.6) is 0 Å². The van der Waals surface area contributed by atoms with Gasteiger partial charge in [0.2, 0.25) is 5.91 Å². The molecule has 0 fully saturated rings. The number of nitrogens with zero attached hydrogens (tertiary/aromatic N) is 2. The highest BCUT2D eigenvalue weighted by atomic mass is 35.5. The molecule has 1 aliphatic rings. The number of amides is 1. The Morgan fingerprint density at radius 3 is 2.96 bits per heavy atom. The number of hydrogen-bond donors (Lipinski definition) is 0. The Morgan fingerprint density at radius 1 is 1.32 bits per heavy atom. The third-order valence-electron chi connectivity index (χ3n) is 4.99. The minimum absolute atomic E-state index is 0.00634. The van der Waals surface area contributed by atoms with Crippen molar-refractivity contribution >= 4 is 23.2 Å². The topological polar surface area (TPSA) is 46.3 Å². The van der Waals surface area contributed by atoms with Crippen LogP contribution in [-0.2, 0) is 17.6 Å². The van der Waals surface area contributed by atoms with Gasteiger partial charge in [-0.15, -0.1) is 0 Å². The number of hydrogen-bond acceptors (Lipinski definition) is 3. The summed E-state index contributed by atoms with van der Waals surface area (Å²) < 4.78 is 19.5. The smallest absolute Gasteiger partial charge is 0.227 e. The fourth-order valence-electron chi connectivity index (χ4n) is 3.73. The van der Waals surface area contributed by atoms with Gasteiger partial charge in [-0.2, -0.15) is 0 Å². The molecule has 4 rings (SSSR count). The number of carbonyl (C=O) groups is 1. The van der Waals surface area contributed by atoms with E-state index in [1.807, 2.05) is 25.1 Å². The summed E-state index contributed by atoms with van der Waals surface area (Å²) in [6.07, 6.45) is 3.92. The lowest BCUT2D eigenvalue weighted by Crippen LogP contribution is -2.36. The average Bonchev–Trinajstić information content (AvgIpc) is 3.14. The van der Waals surface area contributed by atoms with Crippen molar-refractivity contribution in [2.24, 2.45) is 0 Å². The third kappa shape index (κ3) is 3.67. The van der Waals surface area contributed by atoms with E-state index < -0.39 is 0 Å². The van der Waals surface area contributed by atoms with Gasteiger partial charge in [-0.05, 0) is 55.2 Å². The van der Waals surface area contributed by atoms with Crippen LogP contribution in [-0.4, -0.2) is 17.4 Å². The van der Waals surface area contributed by atoms with Crippen molar-refractivity contribution in [1.29, 1.82) is 0 Å². The first-order valence-corrected chi connectivity index (χ1v) is 9.69. The second kappa shape index (κ2) is 7.76. The second-order valence-electron chi connectivity index (χ2n) is 6.98. The summed E-state index contributed by atoms with van der Waals surface area (Å²) in [7, 11) is 0. The molecule has 4 nitrogen and oxygen atoms in total. The van der Waals surface area contributed by atoms with E-state index in [0.29, 0.717) is 29.6 Å². The number of rotatable bonds is 4. The first-order valence-electron chi connectivity index (χ1n) is 9.32. The molecule has 3 aromatic rings. The number of oxazole rings is 1. The van der Waals surface area contributed by atoms with Crippen molar-refractivity contribution in [3.8, 4) is 11.3 Å². The summed E-state index contributed by atoms with van der Waals surface area (Å²) in [4.78, 5) is 18.9. The van der Waals surface area contributed by atoms with Crippen LogP contribution in [0.25, 0.3) is 11.3 Å². The number of anilines is 1. The molecular formula is C22H20ClFN2O2. The van der Waals surface area contributed by atoms with E-state index in [0.717, 1.165) is 35.2 Å². The van der Waals surface area contributed by atoms with Gasteiger partial charge in [0.05, 0.1) is 11.2 Å². The lowest BCUT2D eigenvalue weighted by Gasteiger charge is -2.31. The van der Waals surface area contributed by atoms with E-state index in [1.165, 1.54) is 12.1 Å². The summed E-state index contributed by atoms with van der Waals surface area (Å²) in [5, 5.41) is 0.592. The fourth-order valence-corrected chi connectivity index (χ4v) is 3.96. The SMILES string of the molecule is Cc1cc(F)cc2c1N(C(=O)CCc1ncc(-c3ccccc3Cl)o1)CCC2. The maximum Gasteiger partial charge on any atom is 0.227 e. The molecule has 0 spiro atoms. The van der Waals surface area contributed by atoms with Crippen LogP contribution >= 0.6 is 11.6 Å². The van der Waals surface area contributed by atoms with E-state index in [4.69, 9.17) is 16.0 Å². The van der Waals surface area contributed by atoms with E-state index >= 15 is 0 Å². The van der Waals surface area contributed by atoms with Crippen molar-refractivity contribution in [1.82, 2.24) is 4.98 Å². The number of fused-ring (bicyclic) bond motifs is 1. The zero-order valence-electron chi connectivity index (χ0n) is 15.5. The molecule has 1 aliphatic heterocycles. The Hall–Kier alpha value is -2.66. The lowest BCUT2D eigenvalue weighted by atomic mass is 9.97. The molecule has 28 heavy (non-hydrogen) atoms. The highest BCUT2D eigenvalue weighted by molar-refractivity contribution is 6.33. The molecule has 2 aromatic carbocycles. The van der Waals surface area contributed by atoms with Crippen LogP contribution in [0.4, 0.5) is 10.1 Å². The van der Waals surface area contributed by atoms with E-state index in [-0.39, 0.29) is 18.1 Å². The zero-order chi connectivity index (χ0) is 19.7. The summed E-state index contributed by atoms with van der Waals surface area (Å²) in [5.41, 5.74) is 3.31.